The number of hydrogen-bond donors (Lipinski definition) is 0. The van der Waals surface area contributed by atoms with E-state index in [4.69, 9.17) is 9.47 Å². The molecule has 0 unspecified atom stereocenters. The Bertz CT molecular complexity index is 1030. The van der Waals surface area contributed by atoms with E-state index >= 15 is 0 Å². The minimum absolute atomic E-state index is 0.150. The maximum atomic E-state index is 12.9. The summed E-state index contributed by atoms with van der Waals surface area (Å²) in [6.07, 6.45) is -0.715. The Morgan fingerprint density at radius 2 is 1.66 bits per heavy atom. The molecule has 0 spiro atoms. The van der Waals surface area contributed by atoms with E-state index in [9.17, 15) is 13.2 Å². The number of carbonyl (C=O) groups is 1. The molecule has 0 radical (unpaired) electrons. The van der Waals surface area contributed by atoms with Crippen molar-refractivity contribution in [1.82, 2.24) is 9.21 Å². The van der Waals surface area contributed by atoms with Crippen LogP contribution < -0.4 is 9.47 Å². The first kappa shape index (κ1) is 19.7. The number of hydrogen-bond acceptors (Lipinski definition) is 5. The number of ether oxygens (including phenoxy) is 2. The van der Waals surface area contributed by atoms with E-state index in [0.717, 1.165) is 11.1 Å². The van der Waals surface area contributed by atoms with Crippen molar-refractivity contribution in [3.63, 3.8) is 0 Å². The Hall–Kier alpha value is -2.58. The number of aryl methyl sites for hydroxylation is 2. The minimum atomic E-state index is -3.58. The van der Waals surface area contributed by atoms with Crippen LogP contribution in [0.25, 0.3) is 0 Å². The molecule has 0 aliphatic carbocycles. The quantitative estimate of drug-likeness (QED) is 0.765. The van der Waals surface area contributed by atoms with Crippen molar-refractivity contribution in [2.45, 2.75) is 24.8 Å². The molecule has 4 rings (SSSR count). The van der Waals surface area contributed by atoms with Crippen LogP contribution in [0.3, 0.4) is 0 Å². The Morgan fingerprint density at radius 1 is 0.966 bits per heavy atom. The van der Waals surface area contributed by atoms with Gasteiger partial charge in [-0.1, -0.05) is 18.2 Å². The number of fused-ring (bicyclic) bond motifs is 1. The summed E-state index contributed by atoms with van der Waals surface area (Å²) in [5.41, 5.74) is 1.99. The molecule has 29 heavy (non-hydrogen) atoms. The van der Waals surface area contributed by atoms with Crippen molar-refractivity contribution in [2.24, 2.45) is 0 Å². The number of rotatable bonds is 3. The van der Waals surface area contributed by atoms with E-state index in [-0.39, 0.29) is 25.6 Å². The van der Waals surface area contributed by atoms with Gasteiger partial charge in [0, 0.05) is 26.2 Å². The molecule has 2 aromatic rings. The summed E-state index contributed by atoms with van der Waals surface area (Å²) in [6.45, 7) is 5.16. The maximum absolute atomic E-state index is 12.9. The molecular weight excluding hydrogens is 392 g/mol. The number of piperazine rings is 1. The largest absolute Gasteiger partial charge is 0.485 e. The zero-order valence-electron chi connectivity index (χ0n) is 16.5. The molecule has 1 amide bonds. The number of carbonyl (C=O) groups excluding carboxylic acids is 1. The molecule has 1 saturated heterocycles. The second-order valence-corrected chi connectivity index (χ2v) is 9.28. The van der Waals surface area contributed by atoms with Crippen LogP contribution >= 0.6 is 0 Å². The highest BCUT2D eigenvalue weighted by atomic mass is 32.2. The molecule has 8 heteroatoms. The summed E-state index contributed by atoms with van der Waals surface area (Å²) in [5, 5.41) is 0. The third-order valence-electron chi connectivity index (χ3n) is 5.45. The smallest absolute Gasteiger partial charge is 0.267 e. The lowest BCUT2D eigenvalue weighted by Gasteiger charge is -2.36. The van der Waals surface area contributed by atoms with E-state index in [1.165, 1.54) is 4.31 Å². The van der Waals surface area contributed by atoms with Gasteiger partial charge in [0.1, 0.15) is 6.61 Å². The van der Waals surface area contributed by atoms with Crippen molar-refractivity contribution in [3.05, 3.63) is 53.6 Å². The summed E-state index contributed by atoms with van der Waals surface area (Å²) >= 11 is 0. The van der Waals surface area contributed by atoms with Crippen LogP contribution in [-0.4, -0.2) is 62.4 Å². The highest BCUT2D eigenvalue weighted by molar-refractivity contribution is 7.89. The first-order chi connectivity index (χ1) is 13.9. The van der Waals surface area contributed by atoms with Crippen LogP contribution in [0.2, 0.25) is 0 Å². The predicted octanol–water partition coefficient (Wildman–Crippen LogP) is 1.98. The summed E-state index contributed by atoms with van der Waals surface area (Å²) < 4.78 is 38.7. The van der Waals surface area contributed by atoms with Gasteiger partial charge in [-0.2, -0.15) is 4.31 Å². The van der Waals surface area contributed by atoms with E-state index in [2.05, 4.69) is 0 Å². The molecule has 7 nitrogen and oxygen atoms in total. The van der Waals surface area contributed by atoms with Crippen LogP contribution in [0.4, 0.5) is 0 Å². The zero-order chi connectivity index (χ0) is 20.6. The maximum Gasteiger partial charge on any atom is 0.267 e. The van der Waals surface area contributed by atoms with E-state index in [1.807, 2.05) is 32.0 Å². The van der Waals surface area contributed by atoms with Gasteiger partial charge in [0.15, 0.2) is 11.5 Å². The molecule has 0 saturated carbocycles. The molecule has 2 aromatic carbocycles. The van der Waals surface area contributed by atoms with Gasteiger partial charge >= 0.3 is 0 Å². The second kappa shape index (κ2) is 7.68. The number of nitrogens with zero attached hydrogens (tertiary/aromatic N) is 2. The highest BCUT2D eigenvalue weighted by Crippen LogP contribution is 2.31. The van der Waals surface area contributed by atoms with Gasteiger partial charge in [-0.05, 0) is 49.2 Å². The lowest BCUT2D eigenvalue weighted by molar-refractivity contribution is -0.142. The monoisotopic (exact) mass is 416 g/mol. The number of para-hydroxylation sites is 2. The highest BCUT2D eigenvalue weighted by Gasteiger charge is 2.35. The van der Waals surface area contributed by atoms with Crippen molar-refractivity contribution in [3.8, 4) is 11.5 Å². The predicted molar refractivity (Wildman–Crippen MR) is 108 cm³/mol. The third-order valence-corrected chi connectivity index (χ3v) is 7.35. The lowest BCUT2D eigenvalue weighted by atomic mass is 10.1. The van der Waals surface area contributed by atoms with Crippen molar-refractivity contribution < 1.29 is 22.7 Å². The lowest BCUT2D eigenvalue weighted by Crippen LogP contribution is -2.55. The molecule has 154 valence electrons. The van der Waals surface area contributed by atoms with Gasteiger partial charge in [0.2, 0.25) is 16.1 Å². The van der Waals surface area contributed by atoms with Gasteiger partial charge in [-0.15, -0.1) is 0 Å². The van der Waals surface area contributed by atoms with Gasteiger partial charge < -0.3 is 14.4 Å². The fourth-order valence-corrected chi connectivity index (χ4v) is 5.03. The molecule has 2 aliphatic heterocycles. The molecule has 0 aromatic heterocycles. The summed E-state index contributed by atoms with van der Waals surface area (Å²) in [7, 11) is -3.58. The van der Waals surface area contributed by atoms with Crippen LogP contribution in [0.15, 0.2) is 47.4 Å². The van der Waals surface area contributed by atoms with Gasteiger partial charge in [-0.3, -0.25) is 4.79 Å². The van der Waals surface area contributed by atoms with E-state index < -0.39 is 16.1 Å². The van der Waals surface area contributed by atoms with Crippen molar-refractivity contribution in [2.75, 3.05) is 32.8 Å². The Balaban J connectivity index is 1.40. The normalized spacial score (nSPS) is 19.8. The van der Waals surface area contributed by atoms with Crippen molar-refractivity contribution in [1.29, 1.82) is 0 Å². The number of sulfonamides is 1. The van der Waals surface area contributed by atoms with Crippen LogP contribution in [0.1, 0.15) is 11.1 Å². The van der Waals surface area contributed by atoms with Crippen LogP contribution in [0.5, 0.6) is 11.5 Å². The topological polar surface area (TPSA) is 76.2 Å². The zero-order valence-corrected chi connectivity index (χ0v) is 17.3. The molecule has 0 bridgehead atoms. The van der Waals surface area contributed by atoms with Crippen LogP contribution in [-0.2, 0) is 14.8 Å². The van der Waals surface area contributed by atoms with E-state index in [1.54, 1.807) is 29.2 Å². The molecule has 1 atom stereocenters. The molecule has 2 aliphatic rings. The molecule has 1 fully saturated rings. The molecular formula is C21H24N2O5S. The standard InChI is InChI=1S/C21H24N2O5S/c1-15-7-8-17(13-16(15)2)29(25,26)23-11-9-22(10-12-23)21(24)20-14-27-18-5-3-4-6-19(18)28-20/h3-8,13,20H,9-12,14H2,1-2H3/t20-/m1/s1. The first-order valence-electron chi connectivity index (χ1n) is 9.61. The number of benzene rings is 2. The first-order valence-corrected chi connectivity index (χ1v) is 11.0. The fourth-order valence-electron chi connectivity index (χ4n) is 3.52. The van der Waals surface area contributed by atoms with Gasteiger partial charge in [0.05, 0.1) is 4.90 Å². The second-order valence-electron chi connectivity index (χ2n) is 7.34. The SMILES string of the molecule is Cc1ccc(S(=O)(=O)N2CCN(C(=O)[C@H]3COc4ccccc4O3)CC2)cc1C. The average Bonchev–Trinajstić information content (AvgIpc) is 2.74. The minimum Gasteiger partial charge on any atom is -0.485 e. The Kier molecular flexibility index (Phi) is 5.23. The van der Waals surface area contributed by atoms with E-state index in [0.29, 0.717) is 29.5 Å². The van der Waals surface area contributed by atoms with Gasteiger partial charge in [0.25, 0.3) is 5.91 Å². The summed E-state index contributed by atoms with van der Waals surface area (Å²) in [5.74, 6) is 0.997. The molecule has 0 N–H and O–H groups in total. The summed E-state index contributed by atoms with van der Waals surface area (Å²) in [6, 6.07) is 12.4. The summed E-state index contributed by atoms with van der Waals surface area (Å²) in [4.78, 5) is 14.8. The Labute approximate surface area is 170 Å². The average molecular weight is 416 g/mol. The molecule has 2 heterocycles. The fraction of sp³-hybridized carbons (Fsp3) is 0.381. The Morgan fingerprint density at radius 3 is 2.34 bits per heavy atom. The van der Waals surface area contributed by atoms with Gasteiger partial charge in [-0.25, -0.2) is 8.42 Å². The van der Waals surface area contributed by atoms with Crippen LogP contribution in [0, 0.1) is 13.8 Å². The third kappa shape index (κ3) is 3.82. The number of amides is 1. The van der Waals surface area contributed by atoms with Crippen molar-refractivity contribution >= 4 is 15.9 Å².